The van der Waals surface area contributed by atoms with Crippen molar-refractivity contribution in [3.8, 4) is 0 Å². The summed E-state index contributed by atoms with van der Waals surface area (Å²) in [5.41, 5.74) is 3.41. The Morgan fingerprint density at radius 2 is 2.21 bits per heavy atom. The van der Waals surface area contributed by atoms with Crippen LogP contribution in [-0.4, -0.2) is 40.3 Å². The fraction of sp³-hybridized carbons (Fsp3) is 0.571. The van der Waals surface area contributed by atoms with Crippen LogP contribution >= 0.6 is 11.8 Å². The SMILES string of the molecule is COCCc1nc2cncc(C)c2n1CCCSC. The lowest BCUT2D eigenvalue weighted by Crippen LogP contribution is -2.08. The van der Waals surface area contributed by atoms with Crippen LogP contribution in [0.15, 0.2) is 12.4 Å². The number of hydrogen-bond acceptors (Lipinski definition) is 4. The van der Waals surface area contributed by atoms with Crippen LogP contribution in [0.2, 0.25) is 0 Å². The second kappa shape index (κ2) is 6.91. The Balaban J connectivity index is 2.35. The number of rotatable bonds is 7. The molecule has 0 radical (unpaired) electrons. The number of hydrogen-bond donors (Lipinski definition) is 0. The van der Waals surface area contributed by atoms with Gasteiger partial charge in [0, 0.05) is 26.3 Å². The number of aryl methyl sites for hydroxylation is 2. The third-order valence-corrected chi connectivity index (χ3v) is 3.87. The molecule has 0 spiro atoms. The highest BCUT2D eigenvalue weighted by atomic mass is 32.2. The van der Waals surface area contributed by atoms with Crippen molar-refractivity contribution in [3.63, 3.8) is 0 Å². The Morgan fingerprint density at radius 1 is 1.37 bits per heavy atom. The van der Waals surface area contributed by atoms with Gasteiger partial charge in [0.15, 0.2) is 0 Å². The lowest BCUT2D eigenvalue weighted by Gasteiger charge is -2.09. The van der Waals surface area contributed by atoms with Gasteiger partial charge in [-0.1, -0.05) is 0 Å². The van der Waals surface area contributed by atoms with Crippen LogP contribution in [-0.2, 0) is 17.7 Å². The van der Waals surface area contributed by atoms with E-state index >= 15 is 0 Å². The first kappa shape index (κ1) is 14.3. The maximum Gasteiger partial charge on any atom is 0.112 e. The third kappa shape index (κ3) is 3.28. The summed E-state index contributed by atoms with van der Waals surface area (Å²) in [5.74, 6) is 2.28. The zero-order valence-corrected chi connectivity index (χ0v) is 12.7. The topological polar surface area (TPSA) is 39.9 Å². The highest BCUT2D eigenvalue weighted by Gasteiger charge is 2.12. The Labute approximate surface area is 118 Å². The summed E-state index contributed by atoms with van der Waals surface area (Å²) in [6, 6.07) is 0. The molecule has 0 aliphatic heterocycles. The maximum absolute atomic E-state index is 5.18. The van der Waals surface area contributed by atoms with Gasteiger partial charge in [-0.15, -0.1) is 0 Å². The summed E-state index contributed by atoms with van der Waals surface area (Å²) in [7, 11) is 1.73. The maximum atomic E-state index is 5.18. The lowest BCUT2D eigenvalue weighted by molar-refractivity contribution is 0.199. The van der Waals surface area contributed by atoms with Gasteiger partial charge >= 0.3 is 0 Å². The lowest BCUT2D eigenvalue weighted by atomic mass is 10.2. The van der Waals surface area contributed by atoms with Gasteiger partial charge in [-0.2, -0.15) is 11.8 Å². The average Bonchev–Trinajstić information content (AvgIpc) is 2.76. The van der Waals surface area contributed by atoms with Crippen LogP contribution in [0, 0.1) is 6.92 Å². The molecule has 5 heteroatoms. The van der Waals surface area contributed by atoms with Gasteiger partial charge < -0.3 is 9.30 Å². The number of imidazole rings is 1. The van der Waals surface area contributed by atoms with Crippen molar-refractivity contribution in [2.45, 2.75) is 26.3 Å². The van der Waals surface area contributed by atoms with E-state index in [1.165, 1.54) is 16.8 Å². The van der Waals surface area contributed by atoms with E-state index in [9.17, 15) is 0 Å². The van der Waals surface area contributed by atoms with Crippen LogP contribution in [0.3, 0.4) is 0 Å². The second-order valence-electron chi connectivity index (χ2n) is 4.59. The smallest absolute Gasteiger partial charge is 0.112 e. The predicted octanol–water partition coefficient (Wildman–Crippen LogP) is 2.68. The number of nitrogens with zero attached hydrogens (tertiary/aromatic N) is 3. The number of fused-ring (bicyclic) bond motifs is 1. The minimum absolute atomic E-state index is 0.707. The summed E-state index contributed by atoms with van der Waals surface area (Å²) in [4.78, 5) is 8.94. The van der Waals surface area contributed by atoms with Gasteiger partial charge in [-0.05, 0) is 30.9 Å². The van der Waals surface area contributed by atoms with Crippen LogP contribution in [0.25, 0.3) is 11.0 Å². The Bertz CT molecular complexity index is 539. The molecule has 2 rings (SSSR count). The molecule has 0 amide bonds. The Hall–Kier alpha value is -1.07. The average molecular weight is 279 g/mol. The van der Waals surface area contributed by atoms with Crippen molar-refractivity contribution in [1.29, 1.82) is 0 Å². The summed E-state index contributed by atoms with van der Waals surface area (Å²) in [6.07, 6.45) is 7.92. The number of aromatic nitrogens is 3. The highest BCUT2D eigenvalue weighted by Crippen LogP contribution is 2.20. The molecule has 0 aliphatic rings. The molecule has 0 aromatic carbocycles. The molecule has 0 fully saturated rings. The van der Waals surface area contributed by atoms with E-state index in [-0.39, 0.29) is 0 Å². The van der Waals surface area contributed by atoms with Crippen molar-refractivity contribution < 1.29 is 4.74 Å². The van der Waals surface area contributed by atoms with Gasteiger partial charge in [0.25, 0.3) is 0 Å². The monoisotopic (exact) mass is 279 g/mol. The zero-order valence-electron chi connectivity index (χ0n) is 11.8. The van der Waals surface area contributed by atoms with Crippen LogP contribution in [0.5, 0.6) is 0 Å². The quantitative estimate of drug-likeness (QED) is 0.731. The van der Waals surface area contributed by atoms with Gasteiger partial charge in [0.1, 0.15) is 11.3 Å². The second-order valence-corrected chi connectivity index (χ2v) is 5.58. The number of methoxy groups -OCH3 is 1. The van der Waals surface area contributed by atoms with Crippen LogP contribution in [0.1, 0.15) is 17.8 Å². The molecule has 0 saturated carbocycles. The molecule has 19 heavy (non-hydrogen) atoms. The summed E-state index contributed by atoms with van der Waals surface area (Å²) in [5, 5.41) is 0. The van der Waals surface area contributed by atoms with E-state index in [0.717, 1.165) is 30.7 Å². The summed E-state index contributed by atoms with van der Waals surface area (Å²) < 4.78 is 7.51. The first-order valence-electron chi connectivity index (χ1n) is 6.55. The minimum atomic E-state index is 0.707. The van der Waals surface area contributed by atoms with Crippen LogP contribution in [0.4, 0.5) is 0 Å². The standard InChI is InChI=1S/C14H21N3OS/c1-11-9-15-10-12-14(11)17(6-4-8-19-3)13(16-12)5-7-18-2/h9-10H,4-8H2,1-3H3. The van der Waals surface area contributed by atoms with E-state index in [2.05, 4.69) is 22.7 Å². The van der Waals surface area contributed by atoms with E-state index in [0.29, 0.717) is 6.61 Å². The summed E-state index contributed by atoms with van der Waals surface area (Å²) >= 11 is 1.89. The number of ether oxygens (including phenoxy) is 1. The molecule has 0 unspecified atom stereocenters. The largest absolute Gasteiger partial charge is 0.384 e. The van der Waals surface area contributed by atoms with E-state index in [1.807, 2.05) is 24.2 Å². The normalized spacial score (nSPS) is 11.3. The molecule has 2 aromatic rings. The van der Waals surface area contributed by atoms with Gasteiger partial charge in [0.2, 0.25) is 0 Å². The van der Waals surface area contributed by atoms with Crippen molar-refractivity contribution in [2.24, 2.45) is 0 Å². The van der Waals surface area contributed by atoms with Gasteiger partial charge in [0.05, 0.1) is 18.3 Å². The van der Waals surface area contributed by atoms with E-state index < -0.39 is 0 Å². The van der Waals surface area contributed by atoms with Crippen molar-refractivity contribution in [2.75, 3.05) is 25.7 Å². The predicted molar refractivity (Wildman–Crippen MR) is 80.8 cm³/mol. The molecular weight excluding hydrogens is 258 g/mol. The molecule has 4 nitrogen and oxygen atoms in total. The molecule has 0 N–H and O–H groups in total. The highest BCUT2D eigenvalue weighted by molar-refractivity contribution is 7.98. The number of thioether (sulfide) groups is 1. The molecular formula is C14H21N3OS. The zero-order chi connectivity index (χ0) is 13.7. The van der Waals surface area contributed by atoms with E-state index in [4.69, 9.17) is 9.72 Å². The van der Waals surface area contributed by atoms with Gasteiger partial charge in [-0.3, -0.25) is 4.98 Å². The molecule has 104 valence electrons. The molecule has 2 heterocycles. The first-order valence-corrected chi connectivity index (χ1v) is 7.95. The molecule has 0 aliphatic carbocycles. The molecule has 0 bridgehead atoms. The van der Waals surface area contributed by atoms with Crippen molar-refractivity contribution >= 4 is 22.8 Å². The van der Waals surface area contributed by atoms with Crippen LogP contribution < -0.4 is 0 Å². The molecule has 0 saturated heterocycles. The Morgan fingerprint density at radius 3 is 2.95 bits per heavy atom. The minimum Gasteiger partial charge on any atom is -0.384 e. The molecule has 0 atom stereocenters. The van der Waals surface area contributed by atoms with Crippen molar-refractivity contribution in [1.82, 2.24) is 14.5 Å². The third-order valence-electron chi connectivity index (χ3n) is 3.17. The Kier molecular flexibility index (Phi) is 5.22. The van der Waals surface area contributed by atoms with Crippen molar-refractivity contribution in [3.05, 3.63) is 23.8 Å². The molecule has 2 aromatic heterocycles. The summed E-state index contributed by atoms with van der Waals surface area (Å²) in [6.45, 7) is 3.82. The van der Waals surface area contributed by atoms with E-state index in [1.54, 1.807) is 7.11 Å². The van der Waals surface area contributed by atoms with Gasteiger partial charge in [-0.25, -0.2) is 4.98 Å². The first-order chi connectivity index (χ1) is 9.27. The fourth-order valence-electron chi connectivity index (χ4n) is 2.30. The number of pyridine rings is 1. The fourth-order valence-corrected chi connectivity index (χ4v) is 2.72.